The van der Waals surface area contributed by atoms with Crippen LogP contribution in [0.3, 0.4) is 0 Å². The van der Waals surface area contributed by atoms with E-state index < -0.39 is 0 Å². The molecule has 5 rings (SSSR count). The number of nitrogens with zero attached hydrogens (tertiary/aromatic N) is 4. The van der Waals surface area contributed by atoms with E-state index in [-0.39, 0.29) is 18.0 Å². The van der Waals surface area contributed by atoms with Crippen LogP contribution < -0.4 is 15.5 Å². The van der Waals surface area contributed by atoms with Gasteiger partial charge in [-0.05, 0) is 72.9 Å². The van der Waals surface area contributed by atoms with Crippen LogP contribution in [0.4, 0.5) is 11.4 Å². The van der Waals surface area contributed by atoms with E-state index in [0.717, 1.165) is 28.6 Å². The Kier molecular flexibility index (Phi) is 5.58. The van der Waals surface area contributed by atoms with Crippen molar-refractivity contribution >= 4 is 34.6 Å². The number of hydrogen-bond acceptors (Lipinski definition) is 4. The summed E-state index contributed by atoms with van der Waals surface area (Å²) in [6.45, 7) is 1.49. The number of aromatic nitrogens is 3. The smallest absolute Gasteiger partial charge is 0.221 e. The number of rotatable bonds is 5. The topological polar surface area (TPSA) is 75.1 Å². The molecule has 3 aromatic heterocycles. The van der Waals surface area contributed by atoms with Crippen molar-refractivity contribution in [3.63, 3.8) is 0 Å². The van der Waals surface area contributed by atoms with Crippen LogP contribution in [-0.2, 0) is 4.79 Å². The lowest BCUT2D eigenvalue weighted by atomic mass is 10.0. The summed E-state index contributed by atoms with van der Waals surface area (Å²) in [4.78, 5) is 22.7. The van der Waals surface area contributed by atoms with E-state index in [4.69, 9.17) is 12.2 Å². The van der Waals surface area contributed by atoms with Crippen LogP contribution in [0.5, 0.6) is 0 Å². The Morgan fingerprint density at radius 3 is 2.39 bits per heavy atom. The summed E-state index contributed by atoms with van der Waals surface area (Å²) in [5, 5.41) is 6.89. The quantitative estimate of drug-likeness (QED) is 0.436. The van der Waals surface area contributed by atoms with E-state index in [0.29, 0.717) is 5.11 Å². The fourth-order valence-electron chi connectivity index (χ4n) is 4.18. The van der Waals surface area contributed by atoms with Crippen molar-refractivity contribution in [3.8, 4) is 5.82 Å². The highest BCUT2D eigenvalue weighted by molar-refractivity contribution is 7.80. The van der Waals surface area contributed by atoms with Gasteiger partial charge in [-0.3, -0.25) is 9.78 Å². The van der Waals surface area contributed by atoms with Crippen molar-refractivity contribution in [1.82, 2.24) is 19.9 Å². The highest BCUT2D eigenvalue weighted by atomic mass is 32.1. The molecule has 8 heteroatoms. The second-order valence-electron chi connectivity index (χ2n) is 7.72. The number of hydrogen-bond donors (Lipinski definition) is 2. The fourth-order valence-corrected chi connectivity index (χ4v) is 4.53. The van der Waals surface area contributed by atoms with Gasteiger partial charge in [0.25, 0.3) is 0 Å². The van der Waals surface area contributed by atoms with Crippen LogP contribution in [0.1, 0.15) is 30.4 Å². The van der Waals surface area contributed by atoms with Crippen molar-refractivity contribution < 1.29 is 4.79 Å². The monoisotopic (exact) mass is 454 g/mol. The zero-order valence-corrected chi connectivity index (χ0v) is 18.7. The van der Waals surface area contributed by atoms with Gasteiger partial charge >= 0.3 is 0 Å². The van der Waals surface area contributed by atoms with Crippen LogP contribution in [0.2, 0.25) is 0 Å². The molecule has 7 nitrogen and oxygen atoms in total. The molecule has 33 heavy (non-hydrogen) atoms. The molecule has 1 aromatic carbocycles. The normalized spacial score (nSPS) is 17.6. The average Bonchev–Trinajstić information content (AvgIpc) is 3.45. The lowest BCUT2D eigenvalue weighted by molar-refractivity contribution is -0.114. The molecule has 1 fully saturated rings. The molecule has 2 N–H and O–H groups in total. The van der Waals surface area contributed by atoms with Gasteiger partial charge in [-0.15, -0.1) is 0 Å². The molecule has 0 aliphatic carbocycles. The van der Waals surface area contributed by atoms with Gasteiger partial charge in [-0.1, -0.05) is 12.1 Å². The first-order valence-electron chi connectivity index (χ1n) is 10.6. The first-order chi connectivity index (χ1) is 16.1. The number of carbonyl (C=O) groups is 1. The van der Waals surface area contributed by atoms with E-state index in [1.807, 2.05) is 72.9 Å². The van der Waals surface area contributed by atoms with Crippen LogP contribution >= 0.6 is 12.2 Å². The number of pyridine rings is 2. The number of anilines is 2. The molecule has 1 aliphatic heterocycles. The van der Waals surface area contributed by atoms with E-state index >= 15 is 0 Å². The van der Waals surface area contributed by atoms with Crippen molar-refractivity contribution in [2.24, 2.45) is 0 Å². The standard InChI is InChI=1S/C25H22N6OS/c1-17(32)28-18-10-12-19(13-11-18)31-24(23(29-25(31)33)20-7-2-4-14-26-20)21-8-6-16-30(21)22-9-3-5-15-27-22/h2-16,23-24H,1H3,(H,28,32)(H,29,33). The van der Waals surface area contributed by atoms with Crippen LogP contribution in [0.15, 0.2) is 91.4 Å². The van der Waals surface area contributed by atoms with Crippen LogP contribution in [-0.4, -0.2) is 25.6 Å². The Labute approximate surface area is 197 Å². The minimum absolute atomic E-state index is 0.109. The highest BCUT2D eigenvalue weighted by Crippen LogP contribution is 2.42. The third-order valence-electron chi connectivity index (χ3n) is 5.54. The molecule has 4 heterocycles. The molecular weight excluding hydrogens is 432 g/mol. The molecule has 2 atom stereocenters. The van der Waals surface area contributed by atoms with Crippen LogP contribution in [0, 0.1) is 0 Å². The van der Waals surface area contributed by atoms with Crippen molar-refractivity contribution in [2.75, 3.05) is 10.2 Å². The van der Waals surface area contributed by atoms with Gasteiger partial charge in [0.2, 0.25) is 5.91 Å². The Balaban J connectivity index is 1.61. The number of amides is 1. The third-order valence-corrected chi connectivity index (χ3v) is 5.86. The maximum absolute atomic E-state index is 11.4. The van der Waals surface area contributed by atoms with Crippen molar-refractivity contribution in [2.45, 2.75) is 19.0 Å². The van der Waals surface area contributed by atoms with Crippen LogP contribution in [0.25, 0.3) is 5.82 Å². The molecule has 1 amide bonds. The Bertz CT molecular complexity index is 1270. The molecule has 1 aliphatic rings. The predicted octanol–water partition coefficient (Wildman–Crippen LogP) is 4.40. The lowest BCUT2D eigenvalue weighted by Crippen LogP contribution is -2.30. The number of benzene rings is 1. The third kappa shape index (κ3) is 4.08. The maximum Gasteiger partial charge on any atom is 0.221 e. The zero-order chi connectivity index (χ0) is 22.8. The zero-order valence-electron chi connectivity index (χ0n) is 17.9. The van der Waals surface area contributed by atoms with Gasteiger partial charge in [0, 0.05) is 42.6 Å². The summed E-state index contributed by atoms with van der Waals surface area (Å²) in [5.41, 5.74) is 3.58. The largest absolute Gasteiger partial charge is 0.351 e. The molecule has 0 bridgehead atoms. The molecule has 4 aromatic rings. The first-order valence-corrected chi connectivity index (χ1v) is 11.0. The summed E-state index contributed by atoms with van der Waals surface area (Å²) in [6, 6.07) is 23.2. The second kappa shape index (κ2) is 8.84. The average molecular weight is 455 g/mol. The van der Waals surface area contributed by atoms with E-state index in [2.05, 4.69) is 36.1 Å². The number of nitrogens with one attached hydrogen (secondary N) is 2. The summed E-state index contributed by atoms with van der Waals surface area (Å²) in [7, 11) is 0. The lowest BCUT2D eigenvalue weighted by Gasteiger charge is -2.29. The minimum Gasteiger partial charge on any atom is -0.351 e. The molecule has 1 saturated heterocycles. The van der Waals surface area contributed by atoms with Gasteiger partial charge in [-0.2, -0.15) is 0 Å². The Morgan fingerprint density at radius 2 is 1.73 bits per heavy atom. The Morgan fingerprint density at radius 1 is 0.970 bits per heavy atom. The summed E-state index contributed by atoms with van der Waals surface area (Å²) < 4.78 is 2.08. The molecule has 0 radical (unpaired) electrons. The minimum atomic E-state index is -0.170. The second-order valence-corrected chi connectivity index (χ2v) is 8.10. The highest BCUT2D eigenvalue weighted by Gasteiger charge is 2.42. The molecule has 2 unspecified atom stereocenters. The predicted molar refractivity (Wildman–Crippen MR) is 132 cm³/mol. The summed E-state index contributed by atoms with van der Waals surface area (Å²) in [6.07, 6.45) is 5.58. The van der Waals surface area contributed by atoms with E-state index in [9.17, 15) is 4.79 Å². The maximum atomic E-state index is 11.4. The van der Waals surface area contributed by atoms with Crippen molar-refractivity contribution in [1.29, 1.82) is 0 Å². The summed E-state index contributed by atoms with van der Waals surface area (Å²) >= 11 is 5.81. The fraction of sp³-hybridized carbons (Fsp3) is 0.120. The molecule has 164 valence electrons. The van der Waals surface area contributed by atoms with Gasteiger partial charge in [0.1, 0.15) is 11.9 Å². The number of carbonyl (C=O) groups excluding carboxylic acids is 1. The SMILES string of the molecule is CC(=O)Nc1ccc(N2C(=S)NC(c3ccccn3)C2c2cccn2-c2ccccn2)cc1. The van der Waals surface area contributed by atoms with Gasteiger partial charge in [0.05, 0.1) is 11.7 Å². The Hall–Kier alpha value is -4.04. The number of thiocarbonyl (C=S) groups is 1. The first kappa shape index (κ1) is 20.8. The van der Waals surface area contributed by atoms with Gasteiger partial charge < -0.3 is 20.1 Å². The molecule has 0 saturated carbocycles. The summed E-state index contributed by atoms with van der Waals surface area (Å²) in [5.74, 6) is 0.721. The van der Waals surface area contributed by atoms with Gasteiger partial charge in [-0.25, -0.2) is 4.98 Å². The molecule has 0 spiro atoms. The molecular formula is C25H22N6OS. The van der Waals surface area contributed by atoms with E-state index in [1.54, 1.807) is 12.4 Å². The van der Waals surface area contributed by atoms with Crippen molar-refractivity contribution in [3.05, 3.63) is 103 Å². The van der Waals surface area contributed by atoms with E-state index in [1.165, 1.54) is 6.92 Å². The van der Waals surface area contributed by atoms with Gasteiger partial charge in [0.15, 0.2) is 5.11 Å².